The quantitative estimate of drug-likeness (QED) is 0.891. The zero-order valence-corrected chi connectivity index (χ0v) is 11.3. The average molecular weight is 246 g/mol. The fourth-order valence-corrected chi connectivity index (χ4v) is 2.54. The molecule has 0 spiro atoms. The summed E-state index contributed by atoms with van der Waals surface area (Å²) in [5, 5.41) is 4.66. The van der Waals surface area contributed by atoms with E-state index in [0.29, 0.717) is 6.04 Å². The van der Waals surface area contributed by atoms with Crippen molar-refractivity contribution >= 4 is 11.3 Å². The van der Waals surface area contributed by atoms with Gasteiger partial charge in [0.15, 0.2) is 0 Å². The van der Waals surface area contributed by atoms with E-state index in [2.05, 4.69) is 48.4 Å². The highest BCUT2D eigenvalue weighted by molar-refractivity contribution is 7.11. The minimum Gasteiger partial charge on any atom is -0.305 e. The van der Waals surface area contributed by atoms with E-state index in [0.717, 1.165) is 11.6 Å². The first-order valence-corrected chi connectivity index (χ1v) is 6.68. The molecule has 0 saturated heterocycles. The largest absolute Gasteiger partial charge is 0.305 e. The summed E-state index contributed by atoms with van der Waals surface area (Å²) >= 11 is 1.75. The normalized spacial score (nSPS) is 12.6. The second kappa shape index (κ2) is 5.43. The first-order chi connectivity index (χ1) is 8.15. The summed E-state index contributed by atoms with van der Waals surface area (Å²) in [5.74, 6) is 0. The number of benzene rings is 1. The lowest BCUT2D eigenvalue weighted by Gasteiger charge is -2.13. The molecule has 1 atom stereocenters. The van der Waals surface area contributed by atoms with E-state index < -0.39 is 0 Å². The molecule has 0 aliphatic carbocycles. The van der Waals surface area contributed by atoms with Crippen LogP contribution in [0.15, 0.2) is 30.5 Å². The summed E-state index contributed by atoms with van der Waals surface area (Å²) in [4.78, 5) is 5.55. The van der Waals surface area contributed by atoms with Gasteiger partial charge in [-0.15, -0.1) is 11.3 Å². The summed E-state index contributed by atoms with van der Waals surface area (Å²) in [6.45, 7) is 7.25. The van der Waals surface area contributed by atoms with Crippen LogP contribution < -0.4 is 5.32 Å². The number of aryl methyl sites for hydroxylation is 2. The molecule has 0 bridgehead atoms. The summed E-state index contributed by atoms with van der Waals surface area (Å²) < 4.78 is 0. The predicted molar refractivity (Wildman–Crippen MR) is 73.3 cm³/mol. The molecule has 1 aromatic heterocycles. The summed E-state index contributed by atoms with van der Waals surface area (Å²) in [6.07, 6.45) is 1.95. The molecule has 0 amide bonds. The molecule has 0 aliphatic rings. The van der Waals surface area contributed by atoms with Crippen molar-refractivity contribution in [1.29, 1.82) is 0 Å². The number of nitrogens with zero attached hydrogens (tertiary/aromatic N) is 1. The highest BCUT2D eigenvalue weighted by Gasteiger charge is 2.05. The van der Waals surface area contributed by atoms with E-state index in [4.69, 9.17) is 0 Å². The van der Waals surface area contributed by atoms with Gasteiger partial charge in [0, 0.05) is 23.7 Å². The number of hydrogen-bond acceptors (Lipinski definition) is 3. The van der Waals surface area contributed by atoms with Gasteiger partial charge in [-0.2, -0.15) is 0 Å². The van der Waals surface area contributed by atoms with Gasteiger partial charge < -0.3 is 5.32 Å². The van der Waals surface area contributed by atoms with Crippen LogP contribution in [0.25, 0.3) is 0 Å². The fourth-order valence-electron chi connectivity index (χ4n) is 1.80. The lowest BCUT2D eigenvalue weighted by atomic mass is 10.1. The molecule has 2 nitrogen and oxygen atoms in total. The van der Waals surface area contributed by atoms with E-state index in [1.54, 1.807) is 11.3 Å². The summed E-state index contributed by atoms with van der Waals surface area (Å²) in [5.41, 5.74) is 2.65. The standard InChI is InChI=1S/C14H18N2S/c1-10-5-4-6-13(7-10)11(2)15-8-14-9-16-12(3)17-14/h4-7,9,11,15H,8H2,1-3H3/t11-/m0/s1. The van der Waals surface area contributed by atoms with Crippen molar-refractivity contribution in [2.45, 2.75) is 33.4 Å². The molecule has 1 N–H and O–H groups in total. The monoisotopic (exact) mass is 246 g/mol. The summed E-state index contributed by atoms with van der Waals surface area (Å²) in [7, 11) is 0. The number of aromatic nitrogens is 1. The topological polar surface area (TPSA) is 24.9 Å². The maximum Gasteiger partial charge on any atom is 0.0897 e. The zero-order valence-electron chi connectivity index (χ0n) is 10.5. The van der Waals surface area contributed by atoms with Crippen LogP contribution in [0.3, 0.4) is 0 Å². The van der Waals surface area contributed by atoms with Crippen molar-refractivity contribution in [3.63, 3.8) is 0 Å². The third-order valence-electron chi connectivity index (χ3n) is 2.79. The first-order valence-electron chi connectivity index (χ1n) is 5.86. The molecule has 3 heteroatoms. The van der Waals surface area contributed by atoms with Crippen LogP contribution in [0.5, 0.6) is 0 Å². The van der Waals surface area contributed by atoms with Gasteiger partial charge >= 0.3 is 0 Å². The Labute approximate surface area is 107 Å². The first kappa shape index (κ1) is 12.3. The molecule has 0 saturated carbocycles. The van der Waals surface area contributed by atoms with Crippen molar-refractivity contribution in [3.05, 3.63) is 51.5 Å². The Morgan fingerprint density at radius 1 is 1.35 bits per heavy atom. The Bertz CT molecular complexity index is 490. The van der Waals surface area contributed by atoms with Gasteiger partial charge in [0.25, 0.3) is 0 Å². The molecule has 0 radical (unpaired) electrons. The van der Waals surface area contributed by atoms with Crippen LogP contribution in [0.1, 0.15) is 34.0 Å². The second-order valence-electron chi connectivity index (χ2n) is 4.36. The smallest absolute Gasteiger partial charge is 0.0897 e. The second-order valence-corrected chi connectivity index (χ2v) is 5.68. The van der Waals surface area contributed by atoms with E-state index in [1.165, 1.54) is 16.0 Å². The van der Waals surface area contributed by atoms with Crippen molar-refractivity contribution < 1.29 is 0 Å². The van der Waals surface area contributed by atoms with Gasteiger partial charge in [0.2, 0.25) is 0 Å². The molecule has 2 rings (SSSR count). The number of hydrogen-bond donors (Lipinski definition) is 1. The SMILES string of the molecule is Cc1cccc([C@H](C)NCc2cnc(C)s2)c1. The van der Waals surface area contributed by atoms with Crippen molar-refractivity contribution in [3.8, 4) is 0 Å². The minimum absolute atomic E-state index is 0.373. The van der Waals surface area contributed by atoms with Gasteiger partial charge in [-0.1, -0.05) is 29.8 Å². The van der Waals surface area contributed by atoms with Crippen LogP contribution in [0.4, 0.5) is 0 Å². The molecular weight excluding hydrogens is 228 g/mol. The fraction of sp³-hybridized carbons (Fsp3) is 0.357. The number of rotatable bonds is 4. The van der Waals surface area contributed by atoms with E-state index in [1.807, 2.05) is 13.1 Å². The van der Waals surface area contributed by atoms with E-state index in [9.17, 15) is 0 Å². The summed E-state index contributed by atoms with van der Waals surface area (Å²) in [6, 6.07) is 9.01. The number of thiazole rings is 1. The van der Waals surface area contributed by atoms with Crippen LogP contribution in [-0.4, -0.2) is 4.98 Å². The molecule has 1 heterocycles. The zero-order chi connectivity index (χ0) is 12.3. The van der Waals surface area contributed by atoms with Crippen LogP contribution >= 0.6 is 11.3 Å². The molecule has 0 fully saturated rings. The van der Waals surface area contributed by atoms with Gasteiger partial charge in [0.05, 0.1) is 5.01 Å². The van der Waals surface area contributed by atoms with Crippen molar-refractivity contribution in [2.75, 3.05) is 0 Å². The Morgan fingerprint density at radius 3 is 2.82 bits per heavy atom. The lowest BCUT2D eigenvalue weighted by Crippen LogP contribution is -2.17. The molecule has 17 heavy (non-hydrogen) atoms. The van der Waals surface area contributed by atoms with Gasteiger partial charge in [0.1, 0.15) is 0 Å². The molecule has 2 aromatic rings. The van der Waals surface area contributed by atoms with Crippen LogP contribution in [0.2, 0.25) is 0 Å². The Balaban J connectivity index is 1.95. The predicted octanol–water partition coefficient (Wildman–Crippen LogP) is 3.61. The van der Waals surface area contributed by atoms with Crippen LogP contribution in [-0.2, 0) is 6.54 Å². The highest BCUT2D eigenvalue weighted by atomic mass is 32.1. The molecule has 90 valence electrons. The Hall–Kier alpha value is -1.19. The van der Waals surface area contributed by atoms with E-state index in [-0.39, 0.29) is 0 Å². The maximum atomic E-state index is 4.26. The third-order valence-corrected chi connectivity index (χ3v) is 3.71. The van der Waals surface area contributed by atoms with Crippen LogP contribution in [0, 0.1) is 13.8 Å². The average Bonchev–Trinajstić information content (AvgIpc) is 2.72. The Kier molecular flexibility index (Phi) is 3.92. The minimum atomic E-state index is 0.373. The highest BCUT2D eigenvalue weighted by Crippen LogP contribution is 2.16. The molecule has 1 aromatic carbocycles. The molecular formula is C14H18N2S. The van der Waals surface area contributed by atoms with E-state index >= 15 is 0 Å². The van der Waals surface area contributed by atoms with Crippen molar-refractivity contribution in [1.82, 2.24) is 10.3 Å². The maximum absolute atomic E-state index is 4.26. The molecule has 0 aliphatic heterocycles. The van der Waals surface area contributed by atoms with Gasteiger partial charge in [-0.25, -0.2) is 4.98 Å². The lowest BCUT2D eigenvalue weighted by molar-refractivity contribution is 0.578. The third kappa shape index (κ3) is 3.38. The van der Waals surface area contributed by atoms with Gasteiger partial charge in [-0.3, -0.25) is 0 Å². The van der Waals surface area contributed by atoms with Gasteiger partial charge in [-0.05, 0) is 26.3 Å². The van der Waals surface area contributed by atoms with Crippen molar-refractivity contribution in [2.24, 2.45) is 0 Å². The number of nitrogens with one attached hydrogen (secondary N) is 1. The molecule has 0 unspecified atom stereocenters. The Morgan fingerprint density at radius 2 is 2.18 bits per heavy atom.